The van der Waals surface area contributed by atoms with Crippen LogP contribution in [-0.4, -0.2) is 50.0 Å². The van der Waals surface area contributed by atoms with Gasteiger partial charge >= 0.3 is 17.9 Å². The number of aliphatic hydroxyl groups excluding tert-OH is 2. The summed E-state index contributed by atoms with van der Waals surface area (Å²) in [5.41, 5.74) is 0.418. The SMILES string of the molecule is O=C(O)c1ccc(C(=O)O)cc1.O=C(O)c1ccccc1C(O)CO. The van der Waals surface area contributed by atoms with Crippen LogP contribution >= 0.6 is 0 Å². The van der Waals surface area contributed by atoms with E-state index >= 15 is 0 Å². The van der Waals surface area contributed by atoms with E-state index < -0.39 is 30.6 Å². The van der Waals surface area contributed by atoms with Gasteiger partial charge in [-0.25, -0.2) is 14.4 Å². The van der Waals surface area contributed by atoms with Gasteiger partial charge < -0.3 is 25.5 Å². The molecule has 1 unspecified atom stereocenters. The van der Waals surface area contributed by atoms with E-state index in [1.165, 1.54) is 36.4 Å². The molecule has 8 heteroatoms. The molecule has 0 bridgehead atoms. The number of benzene rings is 2. The summed E-state index contributed by atoms with van der Waals surface area (Å²) >= 11 is 0. The average molecular weight is 348 g/mol. The molecule has 25 heavy (non-hydrogen) atoms. The Kier molecular flexibility index (Phi) is 7.26. The third-order valence-corrected chi connectivity index (χ3v) is 3.10. The lowest BCUT2D eigenvalue weighted by Gasteiger charge is -2.09. The molecule has 0 saturated heterocycles. The fourth-order valence-electron chi connectivity index (χ4n) is 1.84. The van der Waals surface area contributed by atoms with E-state index in [1.807, 2.05) is 0 Å². The van der Waals surface area contributed by atoms with Crippen LogP contribution in [0.3, 0.4) is 0 Å². The fraction of sp³-hybridized carbons (Fsp3) is 0.118. The first kappa shape index (κ1) is 19.8. The molecular formula is C17H16O8. The molecule has 0 fully saturated rings. The van der Waals surface area contributed by atoms with E-state index in [0.29, 0.717) is 0 Å². The summed E-state index contributed by atoms with van der Waals surface area (Å²) in [4.78, 5) is 31.3. The van der Waals surface area contributed by atoms with Gasteiger partial charge in [0.1, 0.15) is 6.10 Å². The lowest BCUT2D eigenvalue weighted by Crippen LogP contribution is -2.09. The third-order valence-electron chi connectivity index (χ3n) is 3.10. The molecule has 0 amide bonds. The molecule has 0 spiro atoms. The van der Waals surface area contributed by atoms with Crippen LogP contribution in [-0.2, 0) is 0 Å². The maximum Gasteiger partial charge on any atom is 0.336 e. The van der Waals surface area contributed by atoms with Crippen molar-refractivity contribution in [1.82, 2.24) is 0 Å². The van der Waals surface area contributed by atoms with Crippen molar-refractivity contribution in [1.29, 1.82) is 0 Å². The second-order valence-corrected chi connectivity index (χ2v) is 4.78. The summed E-state index contributed by atoms with van der Waals surface area (Å²) in [5.74, 6) is -3.23. The predicted octanol–water partition coefficient (Wildman–Crippen LogP) is 1.49. The zero-order valence-electron chi connectivity index (χ0n) is 12.9. The summed E-state index contributed by atoms with van der Waals surface area (Å²) in [6.07, 6.45) is -1.13. The summed E-state index contributed by atoms with van der Waals surface area (Å²) in [5, 5.41) is 43.5. The van der Waals surface area contributed by atoms with E-state index in [2.05, 4.69) is 0 Å². The van der Waals surface area contributed by atoms with Crippen LogP contribution in [0.4, 0.5) is 0 Å². The van der Waals surface area contributed by atoms with Crippen LogP contribution in [0.25, 0.3) is 0 Å². The Morgan fingerprint density at radius 2 is 1.20 bits per heavy atom. The Hall–Kier alpha value is -3.23. The highest BCUT2D eigenvalue weighted by molar-refractivity contribution is 5.91. The molecule has 1 atom stereocenters. The van der Waals surface area contributed by atoms with Crippen LogP contribution in [0.2, 0.25) is 0 Å². The highest BCUT2D eigenvalue weighted by Gasteiger charge is 2.14. The molecule has 132 valence electrons. The molecule has 0 heterocycles. The van der Waals surface area contributed by atoms with Crippen molar-refractivity contribution in [3.8, 4) is 0 Å². The molecule has 2 aromatic rings. The van der Waals surface area contributed by atoms with Gasteiger partial charge in [-0.15, -0.1) is 0 Å². The lowest BCUT2D eigenvalue weighted by atomic mass is 10.0. The van der Waals surface area contributed by atoms with Crippen LogP contribution in [0, 0.1) is 0 Å². The van der Waals surface area contributed by atoms with E-state index in [1.54, 1.807) is 12.1 Å². The zero-order valence-corrected chi connectivity index (χ0v) is 12.9. The van der Waals surface area contributed by atoms with Gasteiger partial charge in [-0.05, 0) is 35.9 Å². The van der Waals surface area contributed by atoms with Gasteiger partial charge in [-0.2, -0.15) is 0 Å². The van der Waals surface area contributed by atoms with Crippen LogP contribution in [0.1, 0.15) is 42.7 Å². The van der Waals surface area contributed by atoms with Gasteiger partial charge in [0.2, 0.25) is 0 Å². The molecule has 5 N–H and O–H groups in total. The molecule has 0 aliphatic rings. The summed E-state index contributed by atoms with van der Waals surface area (Å²) in [6, 6.07) is 11.1. The first-order valence-electron chi connectivity index (χ1n) is 6.95. The molecule has 0 aliphatic carbocycles. The minimum Gasteiger partial charge on any atom is -0.478 e. The maximum atomic E-state index is 10.6. The number of carbonyl (C=O) groups is 3. The topological polar surface area (TPSA) is 152 Å². The average Bonchev–Trinajstić information content (AvgIpc) is 2.61. The van der Waals surface area contributed by atoms with Crippen molar-refractivity contribution in [2.45, 2.75) is 6.10 Å². The third kappa shape index (κ3) is 5.72. The highest BCUT2D eigenvalue weighted by atomic mass is 16.4. The minimum atomic E-state index is -1.13. The Labute approximate surface area is 142 Å². The largest absolute Gasteiger partial charge is 0.478 e. The molecule has 0 aromatic heterocycles. The first-order chi connectivity index (χ1) is 11.8. The lowest BCUT2D eigenvalue weighted by molar-refractivity contribution is 0.0669. The number of aromatic carboxylic acids is 3. The van der Waals surface area contributed by atoms with Gasteiger partial charge in [0, 0.05) is 0 Å². The number of hydrogen-bond donors (Lipinski definition) is 5. The van der Waals surface area contributed by atoms with Gasteiger partial charge in [0.05, 0.1) is 23.3 Å². The predicted molar refractivity (Wildman–Crippen MR) is 85.8 cm³/mol. The zero-order chi connectivity index (χ0) is 19.0. The molecule has 0 radical (unpaired) electrons. The summed E-state index contributed by atoms with van der Waals surface area (Å²) in [7, 11) is 0. The number of rotatable bonds is 5. The highest BCUT2D eigenvalue weighted by Crippen LogP contribution is 2.17. The Balaban J connectivity index is 0.000000251. The Morgan fingerprint density at radius 1 is 0.760 bits per heavy atom. The molecule has 8 nitrogen and oxygen atoms in total. The number of hydrogen-bond acceptors (Lipinski definition) is 5. The maximum absolute atomic E-state index is 10.6. The number of carboxylic acids is 3. The van der Waals surface area contributed by atoms with Gasteiger partial charge in [0.25, 0.3) is 0 Å². The molecule has 0 aliphatic heterocycles. The van der Waals surface area contributed by atoms with Crippen molar-refractivity contribution in [3.63, 3.8) is 0 Å². The standard InChI is InChI=1S/C9H10O4.C8H6O4/c10-5-8(11)6-3-1-2-4-7(6)9(12)13;9-7(10)5-1-2-6(4-3-5)8(11)12/h1-4,8,10-11H,5H2,(H,12,13);1-4H,(H,9,10)(H,11,12). The van der Waals surface area contributed by atoms with Crippen LogP contribution in [0.5, 0.6) is 0 Å². The van der Waals surface area contributed by atoms with Crippen molar-refractivity contribution in [2.75, 3.05) is 6.61 Å². The van der Waals surface area contributed by atoms with E-state index in [9.17, 15) is 19.5 Å². The van der Waals surface area contributed by atoms with Gasteiger partial charge in [-0.3, -0.25) is 0 Å². The second kappa shape index (κ2) is 9.16. The van der Waals surface area contributed by atoms with Gasteiger partial charge in [0.15, 0.2) is 0 Å². The Morgan fingerprint density at radius 3 is 1.56 bits per heavy atom. The normalized spacial score (nSPS) is 11.0. The second-order valence-electron chi connectivity index (χ2n) is 4.78. The number of aliphatic hydroxyl groups is 2. The first-order valence-corrected chi connectivity index (χ1v) is 6.95. The molecule has 2 rings (SSSR count). The molecular weight excluding hydrogens is 332 g/mol. The smallest absolute Gasteiger partial charge is 0.336 e. The van der Waals surface area contributed by atoms with Crippen LogP contribution in [0.15, 0.2) is 48.5 Å². The fourth-order valence-corrected chi connectivity index (χ4v) is 1.84. The Bertz CT molecular complexity index is 718. The van der Waals surface area contributed by atoms with Crippen molar-refractivity contribution >= 4 is 17.9 Å². The quantitative estimate of drug-likeness (QED) is 0.545. The monoisotopic (exact) mass is 348 g/mol. The van der Waals surface area contributed by atoms with Gasteiger partial charge in [-0.1, -0.05) is 18.2 Å². The van der Waals surface area contributed by atoms with E-state index in [4.69, 9.17) is 20.4 Å². The van der Waals surface area contributed by atoms with E-state index in [0.717, 1.165) is 0 Å². The summed E-state index contributed by atoms with van der Waals surface area (Å²) < 4.78 is 0. The van der Waals surface area contributed by atoms with E-state index in [-0.39, 0.29) is 22.3 Å². The minimum absolute atomic E-state index is 0.0176. The van der Waals surface area contributed by atoms with Crippen molar-refractivity contribution in [2.24, 2.45) is 0 Å². The molecule has 2 aromatic carbocycles. The van der Waals surface area contributed by atoms with Crippen molar-refractivity contribution < 1.29 is 39.9 Å². The number of carboxylic acid groups (broad SMARTS) is 3. The van der Waals surface area contributed by atoms with Crippen LogP contribution < -0.4 is 0 Å². The summed E-state index contributed by atoms with van der Waals surface area (Å²) in [6.45, 7) is -0.482. The molecule has 0 saturated carbocycles. The van der Waals surface area contributed by atoms with Crippen molar-refractivity contribution in [3.05, 3.63) is 70.8 Å².